The van der Waals surface area contributed by atoms with Gasteiger partial charge in [0, 0.05) is 19.1 Å². The van der Waals surface area contributed by atoms with Crippen LogP contribution in [0.15, 0.2) is 24.3 Å². The molecule has 0 heterocycles. The van der Waals surface area contributed by atoms with E-state index in [1.165, 1.54) is 31.4 Å². The first kappa shape index (κ1) is 16.3. The summed E-state index contributed by atoms with van der Waals surface area (Å²) in [7, 11) is 2.24. The normalized spacial score (nSPS) is 16.2. The van der Waals surface area contributed by atoms with E-state index in [9.17, 15) is 0 Å². The van der Waals surface area contributed by atoms with Gasteiger partial charge in [-0.2, -0.15) is 0 Å². The molecule has 1 aromatic rings. The molecule has 1 fully saturated rings. The van der Waals surface area contributed by atoms with E-state index >= 15 is 0 Å². The largest absolute Gasteiger partial charge is 0.494 e. The van der Waals surface area contributed by atoms with Gasteiger partial charge in [0.05, 0.1) is 6.61 Å². The van der Waals surface area contributed by atoms with Crippen molar-refractivity contribution in [2.24, 2.45) is 5.92 Å². The molecule has 2 rings (SSSR count). The van der Waals surface area contributed by atoms with Gasteiger partial charge in [0.1, 0.15) is 5.75 Å². The quantitative estimate of drug-likeness (QED) is 0.714. The van der Waals surface area contributed by atoms with Crippen molar-refractivity contribution in [3.63, 3.8) is 0 Å². The molecule has 3 heteroatoms. The van der Waals surface area contributed by atoms with Crippen LogP contribution in [-0.4, -0.2) is 38.2 Å². The van der Waals surface area contributed by atoms with Gasteiger partial charge in [0.2, 0.25) is 0 Å². The lowest BCUT2D eigenvalue weighted by Gasteiger charge is -2.25. The number of hydrogen-bond donors (Lipinski definition) is 1. The van der Waals surface area contributed by atoms with E-state index in [0.717, 1.165) is 31.4 Å². The summed E-state index contributed by atoms with van der Waals surface area (Å²) in [5, 5.41) is 3.68. The van der Waals surface area contributed by atoms with Crippen LogP contribution in [0.5, 0.6) is 5.75 Å². The number of likely N-dealkylation sites (N-methyl/N-ethyl adjacent to an activating group) is 1. The lowest BCUT2D eigenvalue weighted by atomic mass is 10.1. The maximum atomic E-state index is 5.53. The first-order valence-electron chi connectivity index (χ1n) is 8.37. The molecule has 0 radical (unpaired) electrons. The van der Waals surface area contributed by atoms with Crippen molar-refractivity contribution in [1.82, 2.24) is 10.2 Å². The van der Waals surface area contributed by atoms with Gasteiger partial charge in [-0.25, -0.2) is 0 Å². The Labute approximate surface area is 129 Å². The molecule has 21 heavy (non-hydrogen) atoms. The molecule has 1 atom stereocenters. The number of nitrogens with zero attached hydrogens (tertiary/aromatic N) is 1. The molecule has 3 nitrogen and oxygen atoms in total. The third kappa shape index (κ3) is 5.68. The van der Waals surface area contributed by atoms with Crippen molar-refractivity contribution < 1.29 is 4.74 Å². The van der Waals surface area contributed by atoms with Crippen LogP contribution >= 0.6 is 0 Å². The van der Waals surface area contributed by atoms with Crippen LogP contribution < -0.4 is 10.1 Å². The molecule has 1 saturated carbocycles. The minimum atomic E-state index is 0.407. The van der Waals surface area contributed by atoms with Gasteiger partial charge < -0.3 is 15.0 Å². The van der Waals surface area contributed by atoms with Gasteiger partial charge in [-0.1, -0.05) is 19.1 Å². The molecular formula is C18H30N2O. The molecule has 1 N–H and O–H groups in total. The average Bonchev–Trinajstić information content (AvgIpc) is 3.28. The second-order valence-electron chi connectivity index (χ2n) is 6.17. The van der Waals surface area contributed by atoms with Gasteiger partial charge >= 0.3 is 0 Å². The smallest absolute Gasteiger partial charge is 0.119 e. The number of ether oxygens (including phenoxy) is 1. The highest BCUT2D eigenvalue weighted by Crippen LogP contribution is 2.30. The van der Waals surface area contributed by atoms with Crippen molar-refractivity contribution in [2.45, 2.75) is 39.2 Å². The maximum Gasteiger partial charge on any atom is 0.119 e. The highest BCUT2D eigenvalue weighted by Gasteiger charge is 2.24. The van der Waals surface area contributed by atoms with Crippen LogP contribution in [0.25, 0.3) is 0 Å². The summed E-state index contributed by atoms with van der Waals surface area (Å²) in [5.74, 6) is 1.91. The van der Waals surface area contributed by atoms with Gasteiger partial charge in [-0.15, -0.1) is 0 Å². The molecular weight excluding hydrogens is 260 g/mol. The summed E-state index contributed by atoms with van der Waals surface area (Å²) in [6, 6.07) is 8.97. The Balaban J connectivity index is 1.95. The van der Waals surface area contributed by atoms with E-state index in [2.05, 4.69) is 48.5 Å². The van der Waals surface area contributed by atoms with Crippen LogP contribution in [0.4, 0.5) is 0 Å². The second-order valence-corrected chi connectivity index (χ2v) is 6.17. The number of hydrogen-bond acceptors (Lipinski definition) is 3. The minimum absolute atomic E-state index is 0.407. The van der Waals surface area contributed by atoms with E-state index in [1.807, 2.05) is 6.92 Å². The molecule has 118 valence electrons. The minimum Gasteiger partial charge on any atom is -0.494 e. The summed E-state index contributed by atoms with van der Waals surface area (Å²) < 4.78 is 5.53. The zero-order chi connectivity index (χ0) is 15.1. The Morgan fingerprint density at radius 2 is 1.95 bits per heavy atom. The zero-order valence-corrected chi connectivity index (χ0v) is 13.8. The Morgan fingerprint density at radius 3 is 2.52 bits per heavy atom. The summed E-state index contributed by atoms with van der Waals surface area (Å²) in [4.78, 5) is 2.47. The maximum absolute atomic E-state index is 5.53. The predicted octanol–water partition coefficient (Wildman–Crippen LogP) is 3.47. The molecule has 1 aromatic carbocycles. The third-order valence-corrected chi connectivity index (χ3v) is 4.00. The summed E-state index contributed by atoms with van der Waals surface area (Å²) in [5.41, 5.74) is 1.36. The molecule has 0 amide bonds. The van der Waals surface area contributed by atoms with Crippen LogP contribution in [-0.2, 0) is 0 Å². The standard InChI is InChI=1S/C18H30N2O/c1-4-12-19-18(14-20(3)13-15-6-7-15)16-8-10-17(11-9-16)21-5-2/h8-11,15,18-19H,4-7,12-14H2,1-3H3. The molecule has 1 unspecified atom stereocenters. The predicted molar refractivity (Wildman–Crippen MR) is 88.9 cm³/mol. The van der Waals surface area contributed by atoms with Crippen molar-refractivity contribution in [1.29, 1.82) is 0 Å². The fourth-order valence-corrected chi connectivity index (χ4v) is 2.70. The summed E-state index contributed by atoms with van der Waals surface area (Å²) >= 11 is 0. The summed E-state index contributed by atoms with van der Waals surface area (Å²) in [6.45, 7) is 8.34. The number of nitrogens with one attached hydrogen (secondary N) is 1. The van der Waals surface area contributed by atoms with Gasteiger partial charge in [-0.05, 0) is 63.4 Å². The van der Waals surface area contributed by atoms with Crippen LogP contribution in [0.2, 0.25) is 0 Å². The average molecular weight is 290 g/mol. The van der Waals surface area contributed by atoms with E-state index in [-0.39, 0.29) is 0 Å². The van der Waals surface area contributed by atoms with Crippen molar-refractivity contribution in [3.8, 4) is 5.75 Å². The molecule has 0 bridgehead atoms. The fourth-order valence-electron chi connectivity index (χ4n) is 2.70. The van der Waals surface area contributed by atoms with E-state index in [1.54, 1.807) is 0 Å². The number of benzene rings is 1. The van der Waals surface area contributed by atoms with Crippen LogP contribution in [0.1, 0.15) is 44.7 Å². The lowest BCUT2D eigenvalue weighted by Crippen LogP contribution is -2.34. The third-order valence-electron chi connectivity index (χ3n) is 4.00. The van der Waals surface area contributed by atoms with Gasteiger partial charge in [-0.3, -0.25) is 0 Å². The molecule has 1 aliphatic carbocycles. The molecule has 0 aromatic heterocycles. The van der Waals surface area contributed by atoms with E-state index < -0.39 is 0 Å². The Hall–Kier alpha value is -1.06. The lowest BCUT2D eigenvalue weighted by molar-refractivity contribution is 0.280. The monoisotopic (exact) mass is 290 g/mol. The SMILES string of the molecule is CCCNC(CN(C)CC1CC1)c1ccc(OCC)cc1. The Bertz CT molecular complexity index is 400. The second kappa shape index (κ2) is 8.40. The topological polar surface area (TPSA) is 24.5 Å². The molecule has 0 saturated heterocycles. The Morgan fingerprint density at radius 1 is 1.24 bits per heavy atom. The summed E-state index contributed by atoms with van der Waals surface area (Å²) in [6.07, 6.45) is 4.00. The van der Waals surface area contributed by atoms with Crippen LogP contribution in [0.3, 0.4) is 0 Å². The highest BCUT2D eigenvalue weighted by molar-refractivity contribution is 5.29. The zero-order valence-electron chi connectivity index (χ0n) is 13.8. The molecule has 0 spiro atoms. The van der Waals surface area contributed by atoms with Crippen molar-refractivity contribution >= 4 is 0 Å². The van der Waals surface area contributed by atoms with Gasteiger partial charge in [0.15, 0.2) is 0 Å². The van der Waals surface area contributed by atoms with Crippen LogP contribution in [0, 0.1) is 5.92 Å². The van der Waals surface area contributed by atoms with E-state index in [4.69, 9.17) is 4.74 Å². The molecule has 0 aliphatic heterocycles. The molecule has 1 aliphatic rings. The first-order valence-corrected chi connectivity index (χ1v) is 8.37. The van der Waals surface area contributed by atoms with Crippen molar-refractivity contribution in [3.05, 3.63) is 29.8 Å². The van der Waals surface area contributed by atoms with E-state index in [0.29, 0.717) is 6.04 Å². The Kier molecular flexibility index (Phi) is 6.52. The highest BCUT2D eigenvalue weighted by atomic mass is 16.5. The fraction of sp³-hybridized carbons (Fsp3) is 0.667. The number of rotatable bonds is 10. The van der Waals surface area contributed by atoms with Crippen molar-refractivity contribution in [2.75, 3.05) is 33.3 Å². The van der Waals surface area contributed by atoms with Gasteiger partial charge in [0.25, 0.3) is 0 Å². The first-order chi connectivity index (χ1) is 10.2.